The normalized spacial score (nSPS) is 11.0. The first-order chi connectivity index (χ1) is 7.92. The molecule has 1 aromatic carbocycles. The minimum atomic E-state index is -0.159. The number of hydrogen-bond donors (Lipinski definition) is 0. The topological polar surface area (TPSA) is 42.2 Å². The van der Waals surface area contributed by atoms with Crippen molar-refractivity contribution in [2.24, 2.45) is 0 Å². The first kappa shape index (κ1) is 13.5. The van der Waals surface area contributed by atoms with Gasteiger partial charge in [0.15, 0.2) is 0 Å². The highest BCUT2D eigenvalue weighted by Gasteiger charge is 2.10. The molecule has 0 bridgehead atoms. The Morgan fingerprint density at radius 2 is 1.94 bits per heavy atom. The molecule has 0 atom stereocenters. The summed E-state index contributed by atoms with van der Waals surface area (Å²) in [4.78, 5) is 0. The summed E-state index contributed by atoms with van der Waals surface area (Å²) in [5, 5.41) is 8.93. The third-order valence-electron chi connectivity index (χ3n) is 2.13. The van der Waals surface area contributed by atoms with E-state index in [0.717, 1.165) is 5.56 Å². The zero-order chi connectivity index (χ0) is 12.9. The van der Waals surface area contributed by atoms with E-state index in [4.69, 9.17) is 14.7 Å². The monoisotopic (exact) mass is 233 g/mol. The Bertz CT molecular complexity index is 413. The lowest BCUT2D eigenvalue weighted by Gasteiger charge is -2.19. The Hall–Kier alpha value is -1.53. The van der Waals surface area contributed by atoms with Crippen molar-refractivity contribution in [3.8, 4) is 11.8 Å². The van der Waals surface area contributed by atoms with Crippen LogP contribution in [0.3, 0.4) is 0 Å². The molecule has 3 nitrogen and oxygen atoms in total. The van der Waals surface area contributed by atoms with Crippen molar-refractivity contribution in [3.63, 3.8) is 0 Å². The molecule has 0 N–H and O–H groups in total. The van der Waals surface area contributed by atoms with Crippen molar-refractivity contribution in [1.82, 2.24) is 0 Å². The predicted molar refractivity (Wildman–Crippen MR) is 67.1 cm³/mol. The summed E-state index contributed by atoms with van der Waals surface area (Å²) < 4.78 is 11.1. The zero-order valence-electron chi connectivity index (χ0n) is 10.9. The highest BCUT2D eigenvalue weighted by molar-refractivity contribution is 5.44. The summed E-state index contributed by atoms with van der Waals surface area (Å²) >= 11 is 0. The van der Waals surface area contributed by atoms with Crippen LogP contribution in [-0.4, -0.2) is 18.8 Å². The maximum Gasteiger partial charge on any atom is 0.137 e. The van der Waals surface area contributed by atoms with Gasteiger partial charge in [-0.1, -0.05) is 6.07 Å². The zero-order valence-corrected chi connectivity index (χ0v) is 10.9. The first-order valence-corrected chi connectivity index (χ1v) is 5.70. The van der Waals surface area contributed by atoms with E-state index >= 15 is 0 Å². The molecule has 0 fully saturated rings. The lowest BCUT2D eigenvalue weighted by atomic mass is 10.1. The van der Waals surface area contributed by atoms with Crippen molar-refractivity contribution in [3.05, 3.63) is 29.3 Å². The predicted octanol–water partition coefficient (Wildman–Crippen LogP) is 3.06. The van der Waals surface area contributed by atoms with Gasteiger partial charge in [-0.15, -0.1) is 0 Å². The van der Waals surface area contributed by atoms with Gasteiger partial charge in [0, 0.05) is 0 Å². The number of ether oxygens (including phenoxy) is 2. The van der Waals surface area contributed by atoms with E-state index in [1.807, 2.05) is 39.8 Å². The van der Waals surface area contributed by atoms with Crippen LogP contribution in [0.4, 0.5) is 0 Å². The molecule has 3 heteroatoms. The summed E-state index contributed by atoms with van der Waals surface area (Å²) in [7, 11) is 0. The van der Waals surface area contributed by atoms with Gasteiger partial charge in [0.1, 0.15) is 18.4 Å². The van der Waals surface area contributed by atoms with E-state index in [-0.39, 0.29) is 5.60 Å². The largest absolute Gasteiger partial charge is 0.490 e. The molecule has 0 amide bonds. The number of benzene rings is 1. The second-order valence-corrected chi connectivity index (χ2v) is 4.92. The van der Waals surface area contributed by atoms with Gasteiger partial charge in [-0.25, -0.2) is 0 Å². The molecular weight excluding hydrogens is 214 g/mol. The fourth-order valence-corrected chi connectivity index (χ4v) is 1.34. The van der Waals surface area contributed by atoms with Crippen LogP contribution in [0, 0.1) is 18.3 Å². The minimum Gasteiger partial charge on any atom is -0.490 e. The molecule has 0 saturated heterocycles. The maximum absolute atomic E-state index is 8.93. The van der Waals surface area contributed by atoms with E-state index in [1.54, 1.807) is 6.07 Å². The van der Waals surface area contributed by atoms with E-state index in [9.17, 15) is 0 Å². The van der Waals surface area contributed by atoms with Crippen molar-refractivity contribution >= 4 is 0 Å². The molecule has 0 aromatic heterocycles. The molecular formula is C14H19NO2. The Labute approximate surface area is 103 Å². The van der Waals surface area contributed by atoms with Crippen LogP contribution in [0.1, 0.15) is 31.9 Å². The van der Waals surface area contributed by atoms with Crippen LogP contribution in [-0.2, 0) is 4.74 Å². The van der Waals surface area contributed by atoms with E-state index in [1.165, 1.54) is 0 Å². The summed E-state index contributed by atoms with van der Waals surface area (Å²) in [5.74, 6) is 0.630. The van der Waals surface area contributed by atoms with Crippen molar-refractivity contribution in [1.29, 1.82) is 5.26 Å². The molecule has 92 valence electrons. The molecule has 0 aliphatic rings. The van der Waals surface area contributed by atoms with Gasteiger partial charge < -0.3 is 9.47 Å². The Balaban J connectivity index is 2.52. The first-order valence-electron chi connectivity index (χ1n) is 5.70. The second-order valence-electron chi connectivity index (χ2n) is 4.92. The van der Waals surface area contributed by atoms with Crippen molar-refractivity contribution in [2.45, 2.75) is 33.3 Å². The molecule has 0 heterocycles. The highest BCUT2D eigenvalue weighted by atomic mass is 16.5. The number of aryl methyl sites for hydroxylation is 1. The van der Waals surface area contributed by atoms with Crippen molar-refractivity contribution < 1.29 is 9.47 Å². The number of nitrogens with zero attached hydrogens (tertiary/aromatic N) is 1. The molecule has 0 aliphatic carbocycles. The van der Waals surface area contributed by atoms with Crippen molar-refractivity contribution in [2.75, 3.05) is 13.2 Å². The minimum absolute atomic E-state index is 0.159. The van der Waals surface area contributed by atoms with E-state index < -0.39 is 0 Å². The van der Waals surface area contributed by atoms with Crippen LogP contribution in [0.25, 0.3) is 0 Å². The van der Waals surface area contributed by atoms with Gasteiger partial charge in [0.05, 0.1) is 17.8 Å². The van der Waals surface area contributed by atoms with Gasteiger partial charge in [0.2, 0.25) is 0 Å². The number of nitriles is 1. The SMILES string of the molecule is Cc1ccc(C#N)c(OCCOC(C)(C)C)c1. The fourth-order valence-electron chi connectivity index (χ4n) is 1.34. The van der Waals surface area contributed by atoms with Gasteiger partial charge in [-0.05, 0) is 45.4 Å². The summed E-state index contributed by atoms with van der Waals surface area (Å²) in [6.45, 7) is 8.94. The lowest BCUT2D eigenvalue weighted by Crippen LogP contribution is -2.22. The third-order valence-corrected chi connectivity index (χ3v) is 2.13. The van der Waals surface area contributed by atoms with Gasteiger partial charge in [-0.3, -0.25) is 0 Å². The Morgan fingerprint density at radius 3 is 2.53 bits per heavy atom. The Morgan fingerprint density at radius 1 is 1.24 bits per heavy atom. The molecule has 17 heavy (non-hydrogen) atoms. The summed E-state index contributed by atoms with van der Waals surface area (Å²) in [5.41, 5.74) is 1.48. The maximum atomic E-state index is 8.93. The third kappa shape index (κ3) is 4.88. The number of hydrogen-bond acceptors (Lipinski definition) is 3. The smallest absolute Gasteiger partial charge is 0.137 e. The molecule has 0 radical (unpaired) electrons. The van der Waals surface area contributed by atoms with Crippen LogP contribution >= 0.6 is 0 Å². The van der Waals surface area contributed by atoms with Crippen LogP contribution < -0.4 is 4.74 Å². The van der Waals surface area contributed by atoms with Crippen LogP contribution in [0.2, 0.25) is 0 Å². The lowest BCUT2D eigenvalue weighted by molar-refractivity contribution is -0.0163. The highest BCUT2D eigenvalue weighted by Crippen LogP contribution is 2.19. The van der Waals surface area contributed by atoms with E-state index in [0.29, 0.717) is 24.5 Å². The molecule has 0 aliphatic heterocycles. The van der Waals surface area contributed by atoms with Crippen LogP contribution in [0.15, 0.2) is 18.2 Å². The standard InChI is InChI=1S/C14H19NO2/c1-11-5-6-12(10-15)13(9-11)16-7-8-17-14(2,3)4/h5-6,9H,7-8H2,1-4H3. The molecule has 0 saturated carbocycles. The molecule has 1 rings (SSSR count). The van der Waals surface area contributed by atoms with Gasteiger partial charge >= 0.3 is 0 Å². The van der Waals surface area contributed by atoms with Crippen LogP contribution in [0.5, 0.6) is 5.75 Å². The van der Waals surface area contributed by atoms with E-state index in [2.05, 4.69) is 6.07 Å². The molecule has 1 aromatic rings. The number of rotatable bonds is 4. The second kappa shape index (κ2) is 5.70. The summed E-state index contributed by atoms with van der Waals surface area (Å²) in [6.07, 6.45) is 0. The fraction of sp³-hybridized carbons (Fsp3) is 0.500. The van der Waals surface area contributed by atoms with Gasteiger partial charge in [-0.2, -0.15) is 5.26 Å². The molecule has 0 spiro atoms. The average Bonchev–Trinajstić information content (AvgIpc) is 2.23. The average molecular weight is 233 g/mol. The van der Waals surface area contributed by atoms with Gasteiger partial charge in [0.25, 0.3) is 0 Å². The Kier molecular flexibility index (Phi) is 4.53. The summed E-state index contributed by atoms with van der Waals surface area (Å²) in [6, 6.07) is 7.66. The quantitative estimate of drug-likeness (QED) is 0.750. The molecule has 0 unspecified atom stereocenters.